The van der Waals surface area contributed by atoms with Crippen LogP contribution in [0.3, 0.4) is 0 Å². The number of rotatable bonds is 9. The van der Waals surface area contributed by atoms with Crippen molar-refractivity contribution in [2.45, 2.75) is 9.79 Å². The number of aliphatic imine (C=N–C) groups is 2. The molecule has 0 saturated heterocycles. The van der Waals surface area contributed by atoms with Gasteiger partial charge in [0, 0.05) is 22.2 Å². The quantitative estimate of drug-likeness (QED) is 0.178. The predicted octanol–water partition coefficient (Wildman–Crippen LogP) is 9.32. The Kier molecular flexibility index (Phi) is 9.14. The number of hydrogen-bond acceptors (Lipinski definition) is 4. The van der Waals surface area contributed by atoms with Crippen molar-refractivity contribution in [2.75, 3.05) is 0 Å². The van der Waals surface area contributed by atoms with Crippen molar-refractivity contribution in [2.24, 2.45) is 9.98 Å². The summed E-state index contributed by atoms with van der Waals surface area (Å²) in [4.78, 5) is 11.5. The molecule has 0 aliphatic rings. The predicted molar refractivity (Wildman–Crippen MR) is 152 cm³/mol. The van der Waals surface area contributed by atoms with Gasteiger partial charge in [-0.1, -0.05) is 119 Å². The lowest BCUT2D eigenvalue weighted by atomic mass is 10.2. The first-order valence-electron chi connectivity index (χ1n) is 10.9. The molecule has 0 aromatic heterocycles. The molecule has 0 heterocycles. The van der Waals surface area contributed by atoms with Crippen LogP contribution >= 0.6 is 21.6 Å². The van der Waals surface area contributed by atoms with Crippen molar-refractivity contribution in [3.05, 3.63) is 132 Å². The third-order valence-corrected chi connectivity index (χ3v) is 7.19. The minimum Gasteiger partial charge on any atom is -0.256 e. The number of hydrogen-bond donors (Lipinski definition) is 0. The standard InChI is InChI=1S/C30H24N2S2/c1-3-13-25(14-4-1)17-11-23-31-27-19-7-9-21-29(27)33-34-30-22-10-8-20-28(30)32-24-12-18-26-15-5-2-6-16-26/h1-24H/b17-11+,18-12+,31-23?,32-24?. The van der Waals surface area contributed by atoms with E-state index < -0.39 is 0 Å². The van der Waals surface area contributed by atoms with Crippen LogP contribution < -0.4 is 0 Å². The van der Waals surface area contributed by atoms with Crippen LogP contribution in [0.15, 0.2) is 141 Å². The van der Waals surface area contributed by atoms with Gasteiger partial charge in [-0.05, 0) is 47.5 Å². The largest absolute Gasteiger partial charge is 0.256 e. The van der Waals surface area contributed by atoms with E-state index in [0.717, 1.165) is 32.3 Å². The molecule has 0 aliphatic heterocycles. The molecule has 34 heavy (non-hydrogen) atoms. The van der Waals surface area contributed by atoms with Crippen LogP contribution in [0.5, 0.6) is 0 Å². The second kappa shape index (κ2) is 13.2. The Hall–Kier alpha value is -3.60. The van der Waals surface area contributed by atoms with E-state index in [9.17, 15) is 0 Å². The molecule has 0 spiro atoms. The van der Waals surface area contributed by atoms with Gasteiger partial charge in [0.15, 0.2) is 0 Å². The Morgan fingerprint density at radius 1 is 0.441 bits per heavy atom. The molecule has 0 saturated carbocycles. The topological polar surface area (TPSA) is 24.7 Å². The van der Waals surface area contributed by atoms with Crippen LogP contribution in [-0.4, -0.2) is 12.4 Å². The van der Waals surface area contributed by atoms with Crippen LogP contribution in [0.2, 0.25) is 0 Å². The fraction of sp³-hybridized carbons (Fsp3) is 0. The average Bonchev–Trinajstić information content (AvgIpc) is 2.90. The van der Waals surface area contributed by atoms with Crippen molar-refractivity contribution in [3.63, 3.8) is 0 Å². The Balaban J connectivity index is 1.40. The zero-order valence-electron chi connectivity index (χ0n) is 18.6. The molecule has 0 unspecified atom stereocenters. The third kappa shape index (κ3) is 7.48. The van der Waals surface area contributed by atoms with Crippen molar-refractivity contribution >= 4 is 57.5 Å². The van der Waals surface area contributed by atoms with E-state index in [0.29, 0.717) is 0 Å². The van der Waals surface area contributed by atoms with Gasteiger partial charge in [0.05, 0.1) is 11.4 Å². The monoisotopic (exact) mass is 476 g/mol. The molecule has 4 aromatic rings. The maximum Gasteiger partial charge on any atom is 0.0774 e. The first-order chi connectivity index (χ1) is 16.9. The maximum atomic E-state index is 4.66. The number of benzene rings is 4. The summed E-state index contributed by atoms with van der Waals surface area (Å²) >= 11 is 0. The summed E-state index contributed by atoms with van der Waals surface area (Å²) in [6, 6.07) is 36.8. The Morgan fingerprint density at radius 2 is 0.824 bits per heavy atom. The Labute approximate surface area is 209 Å². The molecule has 0 radical (unpaired) electrons. The summed E-state index contributed by atoms with van der Waals surface area (Å²) in [5.41, 5.74) is 4.21. The third-order valence-electron chi connectivity index (χ3n) is 4.73. The van der Waals surface area contributed by atoms with Gasteiger partial charge in [-0.3, -0.25) is 9.98 Å². The van der Waals surface area contributed by atoms with Crippen LogP contribution in [-0.2, 0) is 0 Å². The molecule has 2 nitrogen and oxygen atoms in total. The Morgan fingerprint density at radius 3 is 1.26 bits per heavy atom. The van der Waals surface area contributed by atoms with E-state index in [1.807, 2.05) is 97.4 Å². The summed E-state index contributed by atoms with van der Waals surface area (Å²) in [6.07, 6.45) is 11.7. The fourth-order valence-corrected chi connectivity index (χ4v) is 5.29. The van der Waals surface area contributed by atoms with Gasteiger partial charge >= 0.3 is 0 Å². The highest BCUT2D eigenvalue weighted by atomic mass is 33.1. The zero-order valence-corrected chi connectivity index (χ0v) is 20.2. The molecule has 4 heteroatoms. The van der Waals surface area contributed by atoms with Crippen LogP contribution in [0.4, 0.5) is 11.4 Å². The lowest BCUT2D eigenvalue weighted by Crippen LogP contribution is -1.75. The highest BCUT2D eigenvalue weighted by molar-refractivity contribution is 8.76. The van der Waals surface area contributed by atoms with Crippen LogP contribution in [0, 0.1) is 0 Å². The van der Waals surface area contributed by atoms with E-state index in [4.69, 9.17) is 0 Å². The summed E-state index contributed by atoms with van der Waals surface area (Å²) < 4.78 is 0. The van der Waals surface area contributed by atoms with Crippen molar-refractivity contribution < 1.29 is 0 Å². The summed E-state index contributed by atoms with van der Waals surface area (Å²) in [7, 11) is 3.38. The van der Waals surface area contributed by atoms with E-state index in [1.54, 1.807) is 21.6 Å². The van der Waals surface area contributed by atoms with Crippen molar-refractivity contribution in [1.29, 1.82) is 0 Å². The molecule has 0 aliphatic carbocycles. The highest BCUT2D eigenvalue weighted by Crippen LogP contribution is 2.44. The maximum absolute atomic E-state index is 4.66. The molecule has 4 aromatic carbocycles. The van der Waals surface area contributed by atoms with Crippen molar-refractivity contribution in [1.82, 2.24) is 0 Å². The lowest BCUT2D eigenvalue weighted by molar-refractivity contribution is 1.38. The van der Waals surface area contributed by atoms with Gasteiger partial charge < -0.3 is 0 Å². The number of allylic oxidation sites excluding steroid dienone is 2. The molecule has 0 N–H and O–H groups in total. The summed E-state index contributed by atoms with van der Waals surface area (Å²) in [5, 5.41) is 0. The van der Waals surface area contributed by atoms with Crippen LogP contribution in [0.25, 0.3) is 12.2 Å². The molecule has 166 valence electrons. The van der Waals surface area contributed by atoms with E-state index in [1.165, 1.54) is 0 Å². The molecule has 0 fully saturated rings. The van der Waals surface area contributed by atoms with Gasteiger partial charge in [-0.25, -0.2) is 0 Å². The van der Waals surface area contributed by atoms with Gasteiger partial charge in [-0.15, -0.1) is 0 Å². The number of para-hydroxylation sites is 2. The summed E-state index contributed by atoms with van der Waals surface area (Å²) in [6.45, 7) is 0. The molecular weight excluding hydrogens is 452 g/mol. The SMILES string of the molecule is C(/C=C/c1ccccc1)=Nc1ccccc1SSc1ccccc1N=C/C=C/c1ccccc1. The molecular formula is C30H24N2S2. The van der Waals surface area contributed by atoms with Gasteiger partial charge in [0.1, 0.15) is 0 Å². The second-order valence-corrected chi connectivity index (χ2v) is 9.41. The molecule has 4 rings (SSSR count). The van der Waals surface area contributed by atoms with Crippen molar-refractivity contribution in [3.8, 4) is 0 Å². The van der Waals surface area contributed by atoms with E-state index >= 15 is 0 Å². The van der Waals surface area contributed by atoms with Gasteiger partial charge in [0.2, 0.25) is 0 Å². The lowest BCUT2D eigenvalue weighted by Gasteiger charge is -2.06. The molecule has 0 bridgehead atoms. The minimum absolute atomic E-state index is 0.949. The molecule has 0 amide bonds. The average molecular weight is 477 g/mol. The smallest absolute Gasteiger partial charge is 0.0774 e. The highest BCUT2D eigenvalue weighted by Gasteiger charge is 2.05. The summed E-state index contributed by atoms with van der Waals surface area (Å²) in [5.74, 6) is 0. The van der Waals surface area contributed by atoms with E-state index in [-0.39, 0.29) is 0 Å². The Bertz CT molecular complexity index is 1190. The second-order valence-electron chi connectivity index (χ2n) is 7.20. The van der Waals surface area contributed by atoms with E-state index in [2.05, 4.69) is 58.5 Å². The normalized spacial score (nSPS) is 11.9. The van der Waals surface area contributed by atoms with Crippen LogP contribution in [0.1, 0.15) is 11.1 Å². The van der Waals surface area contributed by atoms with Gasteiger partial charge in [0.25, 0.3) is 0 Å². The van der Waals surface area contributed by atoms with Gasteiger partial charge in [-0.2, -0.15) is 0 Å². The zero-order chi connectivity index (χ0) is 23.3. The molecule has 0 atom stereocenters. The number of nitrogens with zero attached hydrogens (tertiary/aromatic N) is 2. The first-order valence-corrected chi connectivity index (χ1v) is 13.1. The minimum atomic E-state index is 0.949. The fourth-order valence-electron chi connectivity index (χ4n) is 3.04. The first kappa shape index (κ1) is 23.6.